The molecule has 0 bridgehead atoms. The van der Waals surface area contributed by atoms with Crippen molar-refractivity contribution in [3.63, 3.8) is 0 Å². The summed E-state index contributed by atoms with van der Waals surface area (Å²) in [5.74, 6) is 1.34. The molecule has 0 aromatic carbocycles. The summed E-state index contributed by atoms with van der Waals surface area (Å²) in [7, 11) is 4.02. The van der Waals surface area contributed by atoms with Crippen molar-refractivity contribution in [2.24, 2.45) is 0 Å². The van der Waals surface area contributed by atoms with Gasteiger partial charge in [0.05, 0.1) is 59.2 Å². The smallest absolute Gasteiger partial charge is 0.159 e. The van der Waals surface area contributed by atoms with E-state index in [1.165, 1.54) is 0 Å². The fourth-order valence-corrected chi connectivity index (χ4v) is 4.01. The lowest BCUT2D eigenvalue weighted by atomic mass is 10.1. The predicted octanol–water partition coefficient (Wildman–Crippen LogP) is 3.39. The van der Waals surface area contributed by atoms with Crippen LogP contribution in [0.2, 0.25) is 0 Å². The van der Waals surface area contributed by atoms with Crippen LogP contribution in [0.4, 0.5) is 0 Å². The number of ether oxygens (including phenoxy) is 1. The molecule has 0 saturated carbocycles. The van der Waals surface area contributed by atoms with Crippen LogP contribution in [0, 0.1) is 6.92 Å². The summed E-state index contributed by atoms with van der Waals surface area (Å²) in [6.07, 6.45) is 12.5. The van der Waals surface area contributed by atoms with E-state index in [1.54, 1.807) is 37.3 Å². The van der Waals surface area contributed by atoms with Gasteiger partial charge >= 0.3 is 0 Å². The second-order valence-electron chi connectivity index (χ2n) is 8.81. The summed E-state index contributed by atoms with van der Waals surface area (Å²) in [4.78, 5) is 27.9. The molecule has 11 nitrogen and oxygen atoms in total. The third-order valence-corrected chi connectivity index (χ3v) is 5.85. The first kappa shape index (κ1) is 21.9. The lowest BCUT2D eigenvalue weighted by Gasteiger charge is -2.11. The minimum Gasteiger partial charge on any atom is -0.491 e. The van der Waals surface area contributed by atoms with Gasteiger partial charge < -0.3 is 19.2 Å². The van der Waals surface area contributed by atoms with Gasteiger partial charge in [-0.15, -0.1) is 0 Å². The Labute approximate surface area is 206 Å². The first-order chi connectivity index (χ1) is 17.5. The largest absolute Gasteiger partial charge is 0.491 e. The fraction of sp³-hybridized carbons (Fsp3) is 0.200. The van der Waals surface area contributed by atoms with E-state index in [4.69, 9.17) is 9.72 Å². The minimum atomic E-state index is 0.581. The zero-order valence-corrected chi connectivity index (χ0v) is 20.1. The molecule has 0 atom stereocenters. The molecule has 0 aliphatic heterocycles. The van der Waals surface area contributed by atoms with Crippen molar-refractivity contribution in [1.82, 2.24) is 49.6 Å². The number of H-pyrrole nitrogens is 2. The van der Waals surface area contributed by atoms with Crippen molar-refractivity contribution < 1.29 is 4.74 Å². The highest BCUT2D eigenvalue weighted by Crippen LogP contribution is 2.30. The van der Waals surface area contributed by atoms with Gasteiger partial charge in [0.25, 0.3) is 0 Å². The van der Waals surface area contributed by atoms with Crippen LogP contribution in [0.5, 0.6) is 5.75 Å². The number of aryl methyl sites for hydroxylation is 1. The van der Waals surface area contributed by atoms with E-state index >= 15 is 0 Å². The van der Waals surface area contributed by atoms with E-state index in [0.29, 0.717) is 23.9 Å². The number of imidazole rings is 2. The van der Waals surface area contributed by atoms with Crippen LogP contribution in [0.1, 0.15) is 5.69 Å². The predicted molar refractivity (Wildman–Crippen MR) is 136 cm³/mol. The molecule has 0 aliphatic rings. The van der Waals surface area contributed by atoms with E-state index in [2.05, 4.69) is 40.0 Å². The van der Waals surface area contributed by atoms with Crippen LogP contribution in [0.3, 0.4) is 0 Å². The Hall–Kier alpha value is -4.64. The standard InChI is InChI=1S/C25H24N10O/c1-15-13-35(14-29-15)22-12-27-10-21-24(22)31-25(30-21)23-18-7-19(28-11-20(18)32-33-23)16-6-17(9-26-8-16)36-5-4-34(2)3/h6-14H,4-5H2,1-3H3,(H,30,31)(H,32,33). The molecule has 0 spiro atoms. The van der Waals surface area contributed by atoms with Gasteiger partial charge in [-0.25, -0.2) is 9.97 Å². The van der Waals surface area contributed by atoms with Crippen LogP contribution in [-0.2, 0) is 0 Å². The highest BCUT2D eigenvalue weighted by atomic mass is 16.5. The summed E-state index contributed by atoms with van der Waals surface area (Å²) in [6.45, 7) is 3.35. The zero-order chi connectivity index (χ0) is 24.6. The number of rotatable bonds is 7. The lowest BCUT2D eigenvalue weighted by Crippen LogP contribution is -2.19. The summed E-state index contributed by atoms with van der Waals surface area (Å²) < 4.78 is 7.77. The molecule has 0 aliphatic carbocycles. The summed E-state index contributed by atoms with van der Waals surface area (Å²) in [5.41, 5.74) is 6.49. The van der Waals surface area contributed by atoms with Gasteiger partial charge in [-0.1, -0.05) is 0 Å². The Bertz CT molecular complexity index is 1680. The number of aromatic nitrogens is 9. The van der Waals surface area contributed by atoms with Gasteiger partial charge in [0, 0.05) is 29.9 Å². The molecule has 0 radical (unpaired) electrons. The molecule has 2 N–H and O–H groups in total. The van der Waals surface area contributed by atoms with Gasteiger partial charge in [-0.05, 0) is 33.2 Å². The van der Waals surface area contributed by atoms with E-state index in [1.807, 2.05) is 43.9 Å². The molecule has 36 heavy (non-hydrogen) atoms. The second-order valence-corrected chi connectivity index (χ2v) is 8.81. The molecule has 180 valence electrons. The Kier molecular flexibility index (Phi) is 5.38. The van der Waals surface area contributed by atoms with Crippen molar-refractivity contribution in [3.05, 3.63) is 61.3 Å². The average Bonchev–Trinajstić information content (AvgIpc) is 3.61. The molecule has 6 aromatic rings. The molecular formula is C25H24N10O. The SMILES string of the molecule is Cc1cn(-c2cncc3[nH]c(-c4n[nH]c5cnc(-c6cncc(OCCN(C)C)c6)cc45)nc23)cn1. The van der Waals surface area contributed by atoms with Crippen molar-refractivity contribution in [1.29, 1.82) is 0 Å². The third kappa shape index (κ3) is 4.05. The maximum absolute atomic E-state index is 5.85. The van der Waals surface area contributed by atoms with Crippen molar-refractivity contribution in [2.75, 3.05) is 27.2 Å². The zero-order valence-electron chi connectivity index (χ0n) is 20.1. The van der Waals surface area contributed by atoms with Crippen molar-refractivity contribution >= 4 is 21.9 Å². The Balaban J connectivity index is 1.37. The second kappa shape index (κ2) is 8.86. The Morgan fingerprint density at radius 2 is 1.89 bits per heavy atom. The lowest BCUT2D eigenvalue weighted by molar-refractivity contribution is 0.261. The van der Waals surface area contributed by atoms with Crippen LogP contribution in [-0.4, -0.2) is 76.8 Å². The highest BCUT2D eigenvalue weighted by molar-refractivity contribution is 5.95. The number of fused-ring (bicyclic) bond motifs is 2. The number of pyridine rings is 3. The highest BCUT2D eigenvalue weighted by Gasteiger charge is 2.17. The van der Waals surface area contributed by atoms with Crippen LogP contribution in [0.15, 0.2) is 55.6 Å². The van der Waals surface area contributed by atoms with Crippen LogP contribution < -0.4 is 4.74 Å². The molecule has 6 heterocycles. The van der Waals surface area contributed by atoms with Crippen LogP contribution in [0.25, 0.3) is 50.4 Å². The normalized spacial score (nSPS) is 11.7. The molecular weight excluding hydrogens is 456 g/mol. The minimum absolute atomic E-state index is 0.581. The van der Waals surface area contributed by atoms with E-state index < -0.39 is 0 Å². The topological polar surface area (TPSA) is 126 Å². The summed E-state index contributed by atoms with van der Waals surface area (Å²) in [6, 6.07) is 3.93. The Morgan fingerprint density at radius 1 is 1.00 bits per heavy atom. The molecule has 6 aromatic heterocycles. The van der Waals surface area contributed by atoms with E-state index in [-0.39, 0.29) is 0 Å². The van der Waals surface area contributed by atoms with Gasteiger partial charge in [-0.2, -0.15) is 5.10 Å². The molecule has 0 unspecified atom stereocenters. The summed E-state index contributed by atoms with van der Waals surface area (Å²) in [5, 5.41) is 8.49. The van der Waals surface area contributed by atoms with Gasteiger partial charge in [0.1, 0.15) is 23.6 Å². The number of hydrogen-bond donors (Lipinski definition) is 2. The number of nitrogens with zero attached hydrogens (tertiary/aromatic N) is 8. The maximum atomic E-state index is 5.85. The van der Waals surface area contributed by atoms with Gasteiger partial charge in [0.15, 0.2) is 5.82 Å². The van der Waals surface area contributed by atoms with Crippen molar-refractivity contribution in [2.45, 2.75) is 6.92 Å². The molecule has 11 heteroatoms. The average molecular weight is 481 g/mol. The fourth-order valence-electron chi connectivity index (χ4n) is 4.01. The number of nitrogens with one attached hydrogen (secondary N) is 2. The molecule has 0 amide bonds. The summed E-state index contributed by atoms with van der Waals surface area (Å²) >= 11 is 0. The molecule has 0 saturated heterocycles. The monoisotopic (exact) mass is 480 g/mol. The number of aromatic amines is 2. The molecule has 0 fully saturated rings. The first-order valence-electron chi connectivity index (χ1n) is 11.5. The maximum Gasteiger partial charge on any atom is 0.159 e. The van der Waals surface area contributed by atoms with Gasteiger partial charge in [-0.3, -0.25) is 20.1 Å². The van der Waals surface area contributed by atoms with Crippen LogP contribution >= 0.6 is 0 Å². The molecule has 6 rings (SSSR count). The number of hydrogen-bond acceptors (Lipinski definition) is 8. The number of likely N-dealkylation sites (N-methyl/N-ethyl adjacent to an activating group) is 1. The first-order valence-corrected chi connectivity index (χ1v) is 11.5. The quantitative estimate of drug-likeness (QED) is 0.356. The third-order valence-electron chi connectivity index (χ3n) is 5.85. The van der Waals surface area contributed by atoms with Crippen molar-refractivity contribution in [3.8, 4) is 34.2 Å². The van der Waals surface area contributed by atoms with Gasteiger partial charge in [0.2, 0.25) is 0 Å². The van der Waals surface area contributed by atoms with E-state index in [0.717, 1.165) is 51.1 Å². The Morgan fingerprint density at radius 3 is 2.72 bits per heavy atom. The van der Waals surface area contributed by atoms with E-state index in [9.17, 15) is 0 Å².